The van der Waals surface area contributed by atoms with Crippen molar-refractivity contribution in [3.63, 3.8) is 0 Å². The molecule has 0 unspecified atom stereocenters. The van der Waals surface area contributed by atoms with E-state index in [1.165, 1.54) is 36.3 Å². The van der Waals surface area contributed by atoms with Crippen LogP contribution in [0.25, 0.3) is 0 Å². The van der Waals surface area contributed by atoms with Crippen molar-refractivity contribution in [1.29, 1.82) is 0 Å². The van der Waals surface area contributed by atoms with Gasteiger partial charge in [0, 0.05) is 10.6 Å². The van der Waals surface area contributed by atoms with Crippen LogP contribution in [-0.2, 0) is 0 Å². The molecule has 1 aromatic rings. The van der Waals surface area contributed by atoms with E-state index in [9.17, 15) is 0 Å². The molecule has 0 bridgehead atoms. The summed E-state index contributed by atoms with van der Waals surface area (Å²) in [4.78, 5) is 1.41. The summed E-state index contributed by atoms with van der Waals surface area (Å²) in [5, 5.41) is 0. The maximum atomic E-state index is 5.71. The van der Waals surface area contributed by atoms with Crippen LogP contribution in [0.2, 0.25) is 0 Å². The maximum absolute atomic E-state index is 5.71. The van der Waals surface area contributed by atoms with Crippen LogP contribution >= 0.6 is 11.8 Å². The van der Waals surface area contributed by atoms with Gasteiger partial charge in [0.05, 0.1) is 0 Å². The molecule has 1 aliphatic carbocycles. The highest BCUT2D eigenvalue weighted by Crippen LogP contribution is 2.32. The molecule has 1 saturated carbocycles. The fourth-order valence-corrected chi connectivity index (χ4v) is 3.48. The first-order valence-electron chi connectivity index (χ1n) is 6.26. The molecule has 0 amide bonds. The van der Waals surface area contributed by atoms with Crippen LogP contribution in [-0.4, -0.2) is 12.3 Å². The highest BCUT2D eigenvalue weighted by molar-refractivity contribution is 7.99. The fraction of sp³-hybridized carbons (Fsp3) is 0.571. The molecule has 0 atom stereocenters. The average Bonchev–Trinajstić information content (AvgIpc) is 2.38. The first kappa shape index (κ1) is 12.0. The summed E-state index contributed by atoms with van der Waals surface area (Å²) in [6.45, 7) is 0.887. The monoisotopic (exact) mass is 235 g/mol. The first-order valence-corrected chi connectivity index (χ1v) is 7.25. The van der Waals surface area contributed by atoms with Gasteiger partial charge in [-0.05, 0) is 56.2 Å². The Morgan fingerprint density at radius 3 is 2.25 bits per heavy atom. The van der Waals surface area contributed by atoms with Gasteiger partial charge >= 0.3 is 0 Å². The highest BCUT2D eigenvalue weighted by Gasteiger charge is 2.19. The Bertz CT molecular complexity index is 291. The van der Waals surface area contributed by atoms with E-state index in [0.717, 1.165) is 18.4 Å². The fourth-order valence-electron chi connectivity index (χ4n) is 2.36. The lowest BCUT2D eigenvalue weighted by molar-refractivity contribution is 0.299. The average molecular weight is 235 g/mol. The summed E-state index contributed by atoms with van der Waals surface area (Å²) in [6.07, 6.45) is 5.44. The molecule has 2 heteroatoms. The van der Waals surface area contributed by atoms with E-state index in [0.29, 0.717) is 0 Å². The number of hydrogen-bond donors (Lipinski definition) is 1. The Balaban J connectivity index is 1.72. The maximum Gasteiger partial charge on any atom is 0.00720 e. The lowest BCUT2D eigenvalue weighted by atomic mass is 9.83. The van der Waals surface area contributed by atoms with Crippen LogP contribution in [0.3, 0.4) is 0 Å². The third-order valence-corrected chi connectivity index (χ3v) is 4.77. The Kier molecular flexibility index (Phi) is 4.73. The zero-order valence-corrected chi connectivity index (χ0v) is 10.6. The summed E-state index contributed by atoms with van der Waals surface area (Å²) in [5.74, 6) is 2.99. The minimum atomic E-state index is 0.804. The van der Waals surface area contributed by atoms with Gasteiger partial charge in [-0.15, -0.1) is 11.8 Å². The normalized spacial score (nSPS) is 25.6. The molecule has 0 aromatic heterocycles. The third-order valence-electron chi connectivity index (χ3n) is 3.53. The topological polar surface area (TPSA) is 26.0 Å². The standard InChI is InChI=1S/C14H21NS/c15-10-12-6-8-13(9-7-12)11-16-14-4-2-1-3-5-14/h1-5,12-13H,6-11,15H2. The molecule has 0 aliphatic heterocycles. The van der Waals surface area contributed by atoms with Gasteiger partial charge in [0.15, 0.2) is 0 Å². The van der Waals surface area contributed by atoms with Gasteiger partial charge in [-0.25, -0.2) is 0 Å². The summed E-state index contributed by atoms with van der Waals surface area (Å²) in [7, 11) is 0. The molecule has 1 fully saturated rings. The Hall–Kier alpha value is -0.470. The molecule has 88 valence electrons. The first-order chi connectivity index (χ1) is 7.88. The lowest BCUT2D eigenvalue weighted by Gasteiger charge is -2.27. The number of hydrogen-bond acceptors (Lipinski definition) is 2. The molecular weight excluding hydrogens is 214 g/mol. The number of nitrogens with two attached hydrogens (primary N) is 1. The van der Waals surface area contributed by atoms with Gasteiger partial charge in [0.25, 0.3) is 0 Å². The van der Waals surface area contributed by atoms with Crippen molar-refractivity contribution in [2.75, 3.05) is 12.3 Å². The molecule has 1 nitrogen and oxygen atoms in total. The minimum Gasteiger partial charge on any atom is -0.330 e. The predicted molar refractivity (Wildman–Crippen MR) is 71.7 cm³/mol. The second-order valence-corrected chi connectivity index (χ2v) is 5.84. The molecule has 0 saturated heterocycles. The Morgan fingerprint density at radius 1 is 1.00 bits per heavy atom. The van der Waals surface area contributed by atoms with Gasteiger partial charge in [-0.1, -0.05) is 18.2 Å². The van der Waals surface area contributed by atoms with Crippen LogP contribution in [0.1, 0.15) is 25.7 Å². The predicted octanol–water partition coefficient (Wildman–Crippen LogP) is 3.54. The minimum absolute atomic E-state index is 0.804. The van der Waals surface area contributed by atoms with E-state index < -0.39 is 0 Å². The number of rotatable bonds is 4. The van der Waals surface area contributed by atoms with Crippen LogP contribution < -0.4 is 5.73 Å². The van der Waals surface area contributed by atoms with Crippen molar-refractivity contribution in [3.05, 3.63) is 30.3 Å². The molecular formula is C14H21NS. The van der Waals surface area contributed by atoms with E-state index in [4.69, 9.17) is 5.73 Å². The van der Waals surface area contributed by atoms with E-state index in [-0.39, 0.29) is 0 Å². The molecule has 0 spiro atoms. The second-order valence-electron chi connectivity index (χ2n) is 4.75. The van der Waals surface area contributed by atoms with Crippen molar-refractivity contribution < 1.29 is 0 Å². The van der Waals surface area contributed by atoms with Crippen LogP contribution in [0.15, 0.2) is 35.2 Å². The van der Waals surface area contributed by atoms with Crippen LogP contribution in [0, 0.1) is 11.8 Å². The molecule has 1 aliphatic rings. The highest BCUT2D eigenvalue weighted by atomic mass is 32.2. The van der Waals surface area contributed by atoms with Crippen molar-refractivity contribution in [2.24, 2.45) is 17.6 Å². The second kappa shape index (κ2) is 6.31. The summed E-state index contributed by atoms with van der Waals surface area (Å²) < 4.78 is 0. The van der Waals surface area contributed by atoms with Crippen molar-refractivity contribution >= 4 is 11.8 Å². The van der Waals surface area contributed by atoms with Crippen LogP contribution in [0.5, 0.6) is 0 Å². The molecule has 2 N–H and O–H groups in total. The number of thioether (sulfide) groups is 1. The van der Waals surface area contributed by atoms with Gasteiger partial charge < -0.3 is 5.73 Å². The smallest absolute Gasteiger partial charge is 0.00720 e. The molecule has 0 heterocycles. The van der Waals surface area contributed by atoms with Gasteiger partial charge in [-0.3, -0.25) is 0 Å². The molecule has 16 heavy (non-hydrogen) atoms. The molecule has 1 aromatic carbocycles. The van der Waals surface area contributed by atoms with E-state index in [2.05, 4.69) is 30.3 Å². The van der Waals surface area contributed by atoms with E-state index >= 15 is 0 Å². The third kappa shape index (κ3) is 3.53. The Morgan fingerprint density at radius 2 is 1.62 bits per heavy atom. The zero-order valence-electron chi connectivity index (χ0n) is 9.77. The van der Waals surface area contributed by atoms with Crippen molar-refractivity contribution in [2.45, 2.75) is 30.6 Å². The summed E-state index contributed by atoms with van der Waals surface area (Å²) >= 11 is 2.00. The largest absolute Gasteiger partial charge is 0.330 e. The van der Waals surface area contributed by atoms with Gasteiger partial charge in [0.1, 0.15) is 0 Å². The van der Waals surface area contributed by atoms with Crippen LogP contribution in [0.4, 0.5) is 0 Å². The van der Waals surface area contributed by atoms with Crippen molar-refractivity contribution in [1.82, 2.24) is 0 Å². The number of benzene rings is 1. The summed E-state index contributed by atoms with van der Waals surface area (Å²) in [6, 6.07) is 10.7. The van der Waals surface area contributed by atoms with Gasteiger partial charge in [-0.2, -0.15) is 0 Å². The Labute approximate surface area is 103 Å². The lowest BCUT2D eigenvalue weighted by Crippen LogP contribution is -2.22. The quantitative estimate of drug-likeness (QED) is 0.808. The SMILES string of the molecule is NCC1CCC(CSc2ccccc2)CC1. The van der Waals surface area contributed by atoms with Crippen molar-refractivity contribution in [3.8, 4) is 0 Å². The molecule has 2 rings (SSSR count). The summed E-state index contributed by atoms with van der Waals surface area (Å²) in [5.41, 5.74) is 5.71. The van der Waals surface area contributed by atoms with E-state index in [1.54, 1.807) is 0 Å². The van der Waals surface area contributed by atoms with Gasteiger partial charge in [0.2, 0.25) is 0 Å². The zero-order chi connectivity index (χ0) is 11.2. The molecule has 0 radical (unpaired) electrons. The van der Waals surface area contributed by atoms with E-state index in [1.807, 2.05) is 11.8 Å².